The van der Waals surface area contributed by atoms with Gasteiger partial charge in [0.25, 0.3) is 5.91 Å². The third kappa shape index (κ3) is 6.57. The number of benzene rings is 3. The van der Waals surface area contributed by atoms with Crippen molar-refractivity contribution >= 4 is 38.5 Å². The number of halogens is 1. The number of nitrogens with zero attached hydrogens (tertiary/aromatic N) is 1. The van der Waals surface area contributed by atoms with E-state index < -0.39 is 6.04 Å². The Bertz CT molecular complexity index is 1110. The van der Waals surface area contributed by atoms with E-state index in [1.165, 1.54) is 0 Å². The van der Waals surface area contributed by atoms with Crippen LogP contribution in [0.4, 0.5) is 0 Å². The molecular formula is C27H31BrN2O3. The molecule has 0 heterocycles. The van der Waals surface area contributed by atoms with Crippen molar-refractivity contribution < 1.29 is 14.3 Å². The minimum atomic E-state index is -0.624. The first kappa shape index (κ1) is 24.8. The van der Waals surface area contributed by atoms with E-state index in [4.69, 9.17) is 4.74 Å². The van der Waals surface area contributed by atoms with Crippen LogP contribution in [0.1, 0.15) is 31.9 Å². The van der Waals surface area contributed by atoms with Crippen LogP contribution in [0.25, 0.3) is 10.8 Å². The van der Waals surface area contributed by atoms with Crippen LogP contribution in [0.2, 0.25) is 0 Å². The van der Waals surface area contributed by atoms with E-state index in [1.54, 1.807) is 11.8 Å². The predicted molar refractivity (Wildman–Crippen MR) is 136 cm³/mol. The summed E-state index contributed by atoms with van der Waals surface area (Å²) in [6.45, 7) is 8.58. The number of hydrogen-bond acceptors (Lipinski definition) is 3. The molecule has 0 fully saturated rings. The van der Waals surface area contributed by atoms with Crippen molar-refractivity contribution in [3.05, 3.63) is 76.3 Å². The van der Waals surface area contributed by atoms with E-state index in [-0.39, 0.29) is 18.4 Å². The molecule has 33 heavy (non-hydrogen) atoms. The van der Waals surface area contributed by atoms with Gasteiger partial charge in [-0.15, -0.1) is 0 Å². The second-order valence-electron chi connectivity index (χ2n) is 8.71. The number of amides is 2. The number of aryl methyl sites for hydroxylation is 1. The molecule has 2 amide bonds. The Morgan fingerprint density at radius 1 is 1.00 bits per heavy atom. The Morgan fingerprint density at radius 2 is 1.70 bits per heavy atom. The minimum Gasteiger partial charge on any atom is -0.483 e. The summed E-state index contributed by atoms with van der Waals surface area (Å²) in [5.74, 6) is 0.504. The molecule has 5 nitrogen and oxygen atoms in total. The van der Waals surface area contributed by atoms with Crippen molar-refractivity contribution in [2.24, 2.45) is 5.92 Å². The zero-order chi connectivity index (χ0) is 24.0. The van der Waals surface area contributed by atoms with E-state index in [0.717, 1.165) is 26.4 Å². The first-order chi connectivity index (χ1) is 15.8. The minimum absolute atomic E-state index is 0.162. The molecule has 3 aromatic rings. The standard InChI is InChI=1S/C27H31BrN2O3/c1-18(2)15-29-27(32)20(4)30(16-21-11-9-19(3)10-12-21)25(31)17-33-24-14-13-22-7-5-6-8-23(22)26(24)28/h5-14,18,20H,15-17H2,1-4H3,(H,29,32). The molecule has 0 radical (unpaired) electrons. The van der Waals surface area contributed by atoms with Crippen LogP contribution >= 0.6 is 15.9 Å². The van der Waals surface area contributed by atoms with Gasteiger partial charge in [-0.2, -0.15) is 0 Å². The van der Waals surface area contributed by atoms with Gasteiger partial charge < -0.3 is 15.0 Å². The number of hydrogen-bond donors (Lipinski definition) is 1. The summed E-state index contributed by atoms with van der Waals surface area (Å²) in [5.41, 5.74) is 2.10. The molecule has 1 unspecified atom stereocenters. The maximum absolute atomic E-state index is 13.3. The maximum atomic E-state index is 13.3. The van der Waals surface area contributed by atoms with Crippen molar-refractivity contribution in [2.45, 2.75) is 40.3 Å². The second kappa shape index (κ2) is 11.3. The van der Waals surface area contributed by atoms with Gasteiger partial charge in [0, 0.05) is 13.1 Å². The predicted octanol–water partition coefficient (Wildman–Crippen LogP) is 5.48. The highest BCUT2D eigenvalue weighted by Gasteiger charge is 2.26. The summed E-state index contributed by atoms with van der Waals surface area (Å²) >= 11 is 3.60. The number of nitrogens with one attached hydrogen (secondary N) is 1. The van der Waals surface area contributed by atoms with Gasteiger partial charge in [0.05, 0.1) is 4.47 Å². The molecule has 3 aromatic carbocycles. The SMILES string of the molecule is Cc1ccc(CN(C(=O)COc2ccc3ccccc3c2Br)C(C)C(=O)NCC(C)C)cc1. The normalized spacial score (nSPS) is 11.9. The molecule has 0 saturated carbocycles. The third-order valence-electron chi connectivity index (χ3n) is 5.50. The van der Waals surface area contributed by atoms with Gasteiger partial charge in [-0.1, -0.05) is 74.0 Å². The zero-order valence-electron chi connectivity index (χ0n) is 19.6. The Balaban J connectivity index is 1.77. The van der Waals surface area contributed by atoms with Crippen molar-refractivity contribution in [2.75, 3.05) is 13.2 Å². The third-order valence-corrected chi connectivity index (χ3v) is 6.32. The van der Waals surface area contributed by atoms with Crippen LogP contribution in [0, 0.1) is 12.8 Å². The summed E-state index contributed by atoms with van der Waals surface area (Å²) in [6.07, 6.45) is 0. The number of carbonyl (C=O) groups is 2. The molecular weight excluding hydrogens is 480 g/mol. The molecule has 0 aliphatic rings. The van der Waals surface area contributed by atoms with Gasteiger partial charge in [0.1, 0.15) is 11.8 Å². The fourth-order valence-corrected chi connectivity index (χ4v) is 4.08. The highest BCUT2D eigenvalue weighted by molar-refractivity contribution is 9.10. The molecule has 0 saturated heterocycles. The molecule has 0 aliphatic heterocycles. The van der Waals surface area contributed by atoms with Gasteiger partial charge in [0.15, 0.2) is 6.61 Å². The van der Waals surface area contributed by atoms with Crippen molar-refractivity contribution in [1.29, 1.82) is 0 Å². The van der Waals surface area contributed by atoms with Crippen molar-refractivity contribution in [3.8, 4) is 5.75 Å². The smallest absolute Gasteiger partial charge is 0.261 e. The van der Waals surface area contributed by atoms with E-state index >= 15 is 0 Å². The summed E-state index contributed by atoms with van der Waals surface area (Å²) in [6, 6.07) is 19.1. The number of carbonyl (C=O) groups excluding carboxylic acids is 2. The van der Waals surface area contributed by atoms with Crippen LogP contribution < -0.4 is 10.1 Å². The summed E-state index contributed by atoms with van der Waals surface area (Å²) < 4.78 is 6.71. The average Bonchev–Trinajstić information content (AvgIpc) is 2.81. The summed E-state index contributed by atoms with van der Waals surface area (Å²) in [5, 5.41) is 5.03. The number of fused-ring (bicyclic) bond motifs is 1. The van der Waals surface area contributed by atoms with Gasteiger partial charge in [0.2, 0.25) is 5.91 Å². The van der Waals surface area contributed by atoms with Crippen LogP contribution in [0.5, 0.6) is 5.75 Å². The zero-order valence-corrected chi connectivity index (χ0v) is 21.2. The molecule has 0 spiro atoms. The largest absolute Gasteiger partial charge is 0.483 e. The number of rotatable bonds is 9. The van der Waals surface area contributed by atoms with Gasteiger partial charge in [-0.3, -0.25) is 9.59 Å². The van der Waals surface area contributed by atoms with E-state index in [1.807, 2.05) is 81.4 Å². The Hall–Kier alpha value is -2.86. The Kier molecular flexibility index (Phi) is 8.50. The monoisotopic (exact) mass is 510 g/mol. The van der Waals surface area contributed by atoms with Gasteiger partial charge >= 0.3 is 0 Å². The quantitative estimate of drug-likeness (QED) is 0.414. The molecule has 6 heteroatoms. The topological polar surface area (TPSA) is 58.6 Å². The maximum Gasteiger partial charge on any atom is 0.261 e. The summed E-state index contributed by atoms with van der Waals surface area (Å²) in [7, 11) is 0. The van der Waals surface area contributed by atoms with Crippen LogP contribution in [0.3, 0.4) is 0 Å². The van der Waals surface area contributed by atoms with E-state index in [0.29, 0.717) is 24.8 Å². The van der Waals surface area contributed by atoms with Crippen LogP contribution in [-0.4, -0.2) is 35.9 Å². The molecule has 0 aliphatic carbocycles. The molecule has 3 rings (SSSR count). The van der Waals surface area contributed by atoms with Crippen LogP contribution in [0.15, 0.2) is 65.1 Å². The van der Waals surface area contributed by atoms with E-state index in [9.17, 15) is 9.59 Å². The lowest BCUT2D eigenvalue weighted by Gasteiger charge is -2.29. The average molecular weight is 511 g/mol. The molecule has 0 bridgehead atoms. The molecule has 0 aromatic heterocycles. The molecule has 174 valence electrons. The van der Waals surface area contributed by atoms with Crippen molar-refractivity contribution in [1.82, 2.24) is 10.2 Å². The lowest BCUT2D eigenvalue weighted by atomic mass is 10.1. The van der Waals surface area contributed by atoms with Crippen molar-refractivity contribution in [3.63, 3.8) is 0 Å². The van der Waals surface area contributed by atoms with Gasteiger partial charge in [-0.05, 0) is 58.1 Å². The number of ether oxygens (including phenoxy) is 1. The summed E-state index contributed by atoms with van der Waals surface area (Å²) in [4.78, 5) is 27.6. The highest BCUT2D eigenvalue weighted by Crippen LogP contribution is 2.33. The Labute approximate surface area is 204 Å². The molecule has 1 N–H and O–H groups in total. The van der Waals surface area contributed by atoms with E-state index in [2.05, 4.69) is 21.2 Å². The highest BCUT2D eigenvalue weighted by atomic mass is 79.9. The molecule has 1 atom stereocenters. The lowest BCUT2D eigenvalue weighted by molar-refractivity contribution is -0.142. The Morgan fingerprint density at radius 3 is 2.39 bits per heavy atom. The lowest BCUT2D eigenvalue weighted by Crippen LogP contribution is -2.49. The fourth-order valence-electron chi connectivity index (χ4n) is 3.47. The first-order valence-electron chi connectivity index (χ1n) is 11.2. The first-order valence-corrected chi connectivity index (χ1v) is 12.0. The fraction of sp³-hybridized carbons (Fsp3) is 0.333. The van der Waals surface area contributed by atoms with Gasteiger partial charge in [-0.25, -0.2) is 0 Å². The van der Waals surface area contributed by atoms with Crippen LogP contribution in [-0.2, 0) is 16.1 Å². The second-order valence-corrected chi connectivity index (χ2v) is 9.50.